The number of anilines is 1. The Morgan fingerprint density at radius 1 is 1.13 bits per heavy atom. The third-order valence-electron chi connectivity index (χ3n) is 4.56. The summed E-state index contributed by atoms with van der Waals surface area (Å²) in [4.78, 5) is 12.7. The zero-order valence-electron chi connectivity index (χ0n) is 12.4. The monoisotopic (exact) mass is 321 g/mol. The molecule has 4 rings (SSSR count). The first-order valence-electron chi connectivity index (χ1n) is 7.75. The summed E-state index contributed by atoms with van der Waals surface area (Å²) >= 11 is 0. The van der Waals surface area contributed by atoms with Gasteiger partial charge in [0.05, 0.1) is 25.1 Å². The topological polar surface area (TPSA) is 126 Å². The second-order valence-electron chi connectivity index (χ2n) is 6.08. The van der Waals surface area contributed by atoms with Gasteiger partial charge in [-0.1, -0.05) is 0 Å². The predicted molar refractivity (Wildman–Crippen MR) is 79.6 cm³/mol. The van der Waals surface area contributed by atoms with Crippen LogP contribution in [-0.2, 0) is 4.74 Å². The number of fused-ring (bicyclic) bond motifs is 1. The van der Waals surface area contributed by atoms with Crippen molar-refractivity contribution in [3.8, 4) is 0 Å². The number of aliphatic hydroxyl groups is 3. The van der Waals surface area contributed by atoms with Gasteiger partial charge >= 0.3 is 0 Å². The molecule has 1 aliphatic carbocycles. The Labute approximate surface area is 132 Å². The second kappa shape index (κ2) is 5.68. The fourth-order valence-electron chi connectivity index (χ4n) is 3.26. The Kier molecular flexibility index (Phi) is 3.64. The Morgan fingerprint density at radius 2 is 2.00 bits per heavy atom. The van der Waals surface area contributed by atoms with E-state index in [1.54, 1.807) is 4.57 Å². The molecule has 4 N–H and O–H groups in total. The van der Waals surface area contributed by atoms with Gasteiger partial charge in [0.2, 0.25) is 0 Å². The lowest BCUT2D eigenvalue weighted by molar-refractivity contribution is -0.0162. The maximum absolute atomic E-state index is 10.0. The van der Waals surface area contributed by atoms with Gasteiger partial charge in [0.15, 0.2) is 23.2 Å². The Morgan fingerprint density at radius 3 is 2.70 bits per heavy atom. The van der Waals surface area contributed by atoms with Crippen LogP contribution in [0.4, 0.5) is 5.82 Å². The molecule has 2 aromatic rings. The molecular weight excluding hydrogens is 302 g/mol. The van der Waals surface area contributed by atoms with Crippen molar-refractivity contribution < 1.29 is 20.1 Å². The number of rotatable bonds is 3. The molecule has 3 heterocycles. The van der Waals surface area contributed by atoms with Crippen LogP contribution in [-0.4, -0.2) is 65.8 Å². The van der Waals surface area contributed by atoms with E-state index in [9.17, 15) is 15.3 Å². The fraction of sp³-hybridized carbons (Fsp3) is 0.643. The Hall–Kier alpha value is -1.81. The highest BCUT2D eigenvalue weighted by Crippen LogP contribution is 2.30. The lowest BCUT2D eigenvalue weighted by Crippen LogP contribution is -2.29. The van der Waals surface area contributed by atoms with Crippen molar-refractivity contribution in [2.75, 3.05) is 11.9 Å². The minimum atomic E-state index is -1.03. The summed E-state index contributed by atoms with van der Waals surface area (Å²) in [5.41, 5.74) is 1.05. The first-order valence-corrected chi connectivity index (χ1v) is 7.75. The second-order valence-corrected chi connectivity index (χ2v) is 6.08. The van der Waals surface area contributed by atoms with Crippen molar-refractivity contribution in [3.63, 3.8) is 0 Å². The molecule has 0 amide bonds. The number of imidazole rings is 1. The molecule has 0 radical (unpaired) electrons. The van der Waals surface area contributed by atoms with E-state index in [1.165, 1.54) is 12.7 Å². The van der Waals surface area contributed by atoms with Crippen LogP contribution in [0.1, 0.15) is 25.5 Å². The van der Waals surface area contributed by atoms with E-state index in [4.69, 9.17) is 4.74 Å². The molecule has 2 fully saturated rings. The van der Waals surface area contributed by atoms with Gasteiger partial charge < -0.3 is 25.4 Å². The number of aromatic nitrogens is 4. The summed E-state index contributed by atoms with van der Waals surface area (Å²) in [7, 11) is 0. The maximum Gasteiger partial charge on any atom is 0.167 e. The van der Waals surface area contributed by atoms with E-state index in [-0.39, 0.29) is 12.6 Å². The molecule has 0 aromatic carbocycles. The molecule has 0 bridgehead atoms. The SMILES string of the molecule is OC1CCCC1Nc1ncnc2c1ncn2C1OCC(O)C1O. The van der Waals surface area contributed by atoms with Gasteiger partial charge in [-0.3, -0.25) is 4.57 Å². The lowest BCUT2D eigenvalue weighted by Gasteiger charge is -2.18. The van der Waals surface area contributed by atoms with E-state index in [0.29, 0.717) is 17.0 Å². The molecule has 2 aliphatic rings. The van der Waals surface area contributed by atoms with Gasteiger partial charge in [0.1, 0.15) is 18.5 Å². The summed E-state index contributed by atoms with van der Waals surface area (Å²) in [5.74, 6) is 0.549. The number of nitrogens with zero attached hydrogens (tertiary/aromatic N) is 4. The first kappa shape index (κ1) is 14.8. The van der Waals surface area contributed by atoms with Crippen molar-refractivity contribution in [1.82, 2.24) is 19.5 Å². The molecule has 1 saturated carbocycles. The molecule has 5 atom stereocenters. The number of nitrogens with one attached hydrogen (secondary N) is 1. The van der Waals surface area contributed by atoms with Crippen molar-refractivity contribution in [2.24, 2.45) is 0 Å². The maximum atomic E-state index is 10.0. The molecular formula is C14H19N5O4. The fourth-order valence-corrected chi connectivity index (χ4v) is 3.26. The summed E-state index contributed by atoms with van der Waals surface area (Å²) < 4.78 is 7.01. The van der Waals surface area contributed by atoms with E-state index < -0.39 is 24.5 Å². The van der Waals surface area contributed by atoms with Gasteiger partial charge in [-0.05, 0) is 19.3 Å². The molecule has 9 heteroatoms. The molecule has 5 unspecified atom stereocenters. The summed E-state index contributed by atoms with van der Waals surface area (Å²) in [6.07, 6.45) is 2.47. The van der Waals surface area contributed by atoms with Crippen LogP contribution in [0.15, 0.2) is 12.7 Å². The van der Waals surface area contributed by atoms with Crippen molar-refractivity contribution >= 4 is 17.0 Å². The van der Waals surface area contributed by atoms with Gasteiger partial charge in [-0.2, -0.15) is 0 Å². The molecule has 0 spiro atoms. The van der Waals surface area contributed by atoms with Crippen LogP contribution < -0.4 is 5.32 Å². The largest absolute Gasteiger partial charge is 0.391 e. The number of hydrogen-bond acceptors (Lipinski definition) is 8. The normalized spacial score (nSPS) is 34.3. The zero-order valence-corrected chi connectivity index (χ0v) is 12.4. The van der Waals surface area contributed by atoms with Gasteiger partial charge in [0.25, 0.3) is 0 Å². The minimum Gasteiger partial charge on any atom is -0.391 e. The average molecular weight is 321 g/mol. The number of ether oxygens (including phenoxy) is 1. The quantitative estimate of drug-likeness (QED) is 0.591. The third kappa shape index (κ3) is 2.45. The molecule has 9 nitrogen and oxygen atoms in total. The van der Waals surface area contributed by atoms with Crippen LogP contribution in [0.2, 0.25) is 0 Å². The van der Waals surface area contributed by atoms with E-state index in [2.05, 4.69) is 20.3 Å². The van der Waals surface area contributed by atoms with E-state index >= 15 is 0 Å². The van der Waals surface area contributed by atoms with Crippen molar-refractivity contribution in [3.05, 3.63) is 12.7 Å². The third-order valence-corrected chi connectivity index (χ3v) is 4.56. The molecule has 1 aliphatic heterocycles. The predicted octanol–water partition coefficient (Wildman–Crippen LogP) is -0.598. The first-order chi connectivity index (χ1) is 11.1. The van der Waals surface area contributed by atoms with Gasteiger partial charge in [0, 0.05) is 0 Å². The van der Waals surface area contributed by atoms with Crippen LogP contribution in [0.25, 0.3) is 11.2 Å². The highest BCUT2D eigenvalue weighted by molar-refractivity contribution is 5.82. The average Bonchev–Trinajstić information content (AvgIpc) is 3.22. The highest BCUT2D eigenvalue weighted by Gasteiger charge is 2.37. The Bertz CT molecular complexity index is 708. The number of aliphatic hydroxyl groups excluding tert-OH is 3. The lowest BCUT2D eigenvalue weighted by atomic mass is 10.2. The number of hydrogen-bond donors (Lipinski definition) is 4. The van der Waals surface area contributed by atoms with E-state index in [0.717, 1.165) is 19.3 Å². The molecule has 1 saturated heterocycles. The van der Waals surface area contributed by atoms with Crippen LogP contribution in [0.3, 0.4) is 0 Å². The minimum absolute atomic E-state index is 0.0478. The van der Waals surface area contributed by atoms with Crippen LogP contribution in [0.5, 0.6) is 0 Å². The smallest absolute Gasteiger partial charge is 0.167 e. The van der Waals surface area contributed by atoms with Gasteiger partial charge in [-0.25, -0.2) is 15.0 Å². The molecule has 124 valence electrons. The van der Waals surface area contributed by atoms with Crippen molar-refractivity contribution in [2.45, 2.75) is 49.8 Å². The molecule has 2 aromatic heterocycles. The highest BCUT2D eigenvalue weighted by atomic mass is 16.5. The van der Waals surface area contributed by atoms with Crippen LogP contribution >= 0.6 is 0 Å². The standard InChI is InChI=1S/C14H19N5O4/c20-8-3-1-2-7(8)18-12-10-13(16-5-15-12)19(6-17-10)14-11(22)9(21)4-23-14/h5-9,11,14,20-22H,1-4H2,(H,15,16,18). The van der Waals surface area contributed by atoms with Crippen LogP contribution in [0, 0.1) is 0 Å². The van der Waals surface area contributed by atoms with Crippen molar-refractivity contribution in [1.29, 1.82) is 0 Å². The summed E-state index contributed by atoms with van der Waals surface area (Å²) in [6, 6.07) is -0.0478. The van der Waals surface area contributed by atoms with E-state index in [1.807, 2.05) is 0 Å². The molecule has 23 heavy (non-hydrogen) atoms. The zero-order chi connectivity index (χ0) is 16.0. The Balaban J connectivity index is 1.66. The summed E-state index contributed by atoms with van der Waals surface area (Å²) in [6.45, 7) is 0.0654. The summed E-state index contributed by atoms with van der Waals surface area (Å²) in [5, 5.41) is 32.8. The van der Waals surface area contributed by atoms with Gasteiger partial charge in [-0.15, -0.1) is 0 Å².